The summed E-state index contributed by atoms with van der Waals surface area (Å²) in [6.45, 7) is 0. The number of methoxy groups -OCH3 is 1. The molecule has 0 heterocycles. The van der Waals surface area contributed by atoms with Crippen LogP contribution in [0.25, 0.3) is 0 Å². The first-order valence-electron chi connectivity index (χ1n) is 5.85. The second-order valence-electron chi connectivity index (χ2n) is 4.11. The molecular weight excluding hydrogens is 272 g/mol. The third kappa shape index (κ3) is 5.21. The zero-order valence-corrected chi connectivity index (χ0v) is 10.8. The van der Waals surface area contributed by atoms with Crippen LogP contribution in [0.5, 0.6) is 5.75 Å². The molecule has 0 fully saturated rings. The van der Waals surface area contributed by atoms with Crippen molar-refractivity contribution in [3.8, 4) is 5.75 Å². The van der Waals surface area contributed by atoms with Crippen molar-refractivity contribution in [3.63, 3.8) is 0 Å². The molecule has 1 amide bonds. The predicted molar refractivity (Wildman–Crippen MR) is 66.9 cm³/mol. The lowest BCUT2D eigenvalue weighted by Crippen LogP contribution is -2.42. The van der Waals surface area contributed by atoms with E-state index in [4.69, 9.17) is 9.84 Å². The number of carbonyl (C=O) groups excluding carboxylic acids is 1. The Morgan fingerprint density at radius 3 is 2.35 bits per heavy atom. The number of amides is 1. The quantitative estimate of drug-likeness (QED) is 0.796. The summed E-state index contributed by atoms with van der Waals surface area (Å²) in [7, 11) is 1.50. The first-order valence-corrected chi connectivity index (χ1v) is 5.85. The first-order chi connectivity index (χ1) is 9.42. The smallest absolute Gasteiger partial charge is 0.326 e. The van der Waals surface area contributed by atoms with E-state index in [1.807, 2.05) is 0 Å². The molecule has 2 N–H and O–H groups in total. The lowest BCUT2D eigenvalue weighted by Gasteiger charge is -2.14. The molecule has 20 heavy (non-hydrogen) atoms. The van der Waals surface area contributed by atoms with Gasteiger partial charge in [0.2, 0.25) is 12.3 Å². The van der Waals surface area contributed by atoms with Gasteiger partial charge in [0.15, 0.2) is 0 Å². The van der Waals surface area contributed by atoms with Gasteiger partial charge in [0.05, 0.1) is 13.5 Å². The summed E-state index contributed by atoms with van der Waals surface area (Å²) >= 11 is 0. The number of rotatable bonds is 7. The molecule has 7 heteroatoms. The van der Waals surface area contributed by atoms with Gasteiger partial charge in [0, 0.05) is 6.42 Å². The van der Waals surface area contributed by atoms with Crippen molar-refractivity contribution < 1.29 is 28.2 Å². The summed E-state index contributed by atoms with van der Waals surface area (Å²) in [4.78, 5) is 22.4. The molecule has 1 atom stereocenters. The van der Waals surface area contributed by atoms with Crippen molar-refractivity contribution in [2.45, 2.75) is 25.3 Å². The second kappa shape index (κ2) is 7.42. The standard InChI is InChI=1S/C13H15F2NO4/c1-20-9-4-2-8(3-5-9)6-12(17)16-10(13(18)19)7-11(14)15/h2-5,10-11H,6-7H2,1H3,(H,16,17)(H,18,19). The Bertz CT molecular complexity index is 462. The average molecular weight is 287 g/mol. The molecule has 0 saturated carbocycles. The van der Waals surface area contributed by atoms with Gasteiger partial charge in [-0.15, -0.1) is 0 Å². The van der Waals surface area contributed by atoms with Crippen LogP contribution < -0.4 is 10.1 Å². The molecule has 0 radical (unpaired) electrons. The van der Waals surface area contributed by atoms with Crippen LogP contribution in [-0.2, 0) is 16.0 Å². The molecule has 1 unspecified atom stereocenters. The third-order valence-corrected chi connectivity index (χ3v) is 2.57. The van der Waals surface area contributed by atoms with E-state index in [0.717, 1.165) is 0 Å². The fourth-order valence-electron chi connectivity index (χ4n) is 1.57. The summed E-state index contributed by atoms with van der Waals surface area (Å²) < 4.78 is 29.3. The zero-order chi connectivity index (χ0) is 15.1. The zero-order valence-electron chi connectivity index (χ0n) is 10.8. The molecule has 5 nitrogen and oxygen atoms in total. The predicted octanol–water partition coefficient (Wildman–Crippen LogP) is 1.46. The monoisotopic (exact) mass is 287 g/mol. The van der Waals surface area contributed by atoms with Crippen LogP contribution >= 0.6 is 0 Å². The number of carbonyl (C=O) groups is 2. The molecule has 1 rings (SSSR count). The van der Waals surface area contributed by atoms with Gasteiger partial charge in [-0.3, -0.25) is 4.79 Å². The maximum Gasteiger partial charge on any atom is 0.326 e. The van der Waals surface area contributed by atoms with Gasteiger partial charge in [0.1, 0.15) is 11.8 Å². The van der Waals surface area contributed by atoms with Crippen LogP contribution in [0.1, 0.15) is 12.0 Å². The lowest BCUT2D eigenvalue weighted by molar-refractivity contribution is -0.142. The van der Waals surface area contributed by atoms with Crippen molar-refractivity contribution in [2.24, 2.45) is 0 Å². The van der Waals surface area contributed by atoms with E-state index in [1.165, 1.54) is 7.11 Å². The average Bonchev–Trinajstić information content (AvgIpc) is 2.38. The molecule has 0 saturated heterocycles. The largest absolute Gasteiger partial charge is 0.497 e. The highest BCUT2D eigenvalue weighted by Crippen LogP contribution is 2.12. The van der Waals surface area contributed by atoms with E-state index in [9.17, 15) is 18.4 Å². The maximum absolute atomic E-state index is 12.2. The van der Waals surface area contributed by atoms with Gasteiger partial charge in [-0.2, -0.15) is 0 Å². The molecule has 0 aliphatic heterocycles. The van der Waals surface area contributed by atoms with Crippen molar-refractivity contribution >= 4 is 11.9 Å². The summed E-state index contributed by atoms with van der Waals surface area (Å²) in [6.07, 6.45) is -3.79. The Morgan fingerprint density at radius 2 is 1.90 bits per heavy atom. The van der Waals surface area contributed by atoms with Crippen LogP contribution in [0.15, 0.2) is 24.3 Å². The minimum absolute atomic E-state index is 0.0863. The van der Waals surface area contributed by atoms with Gasteiger partial charge in [-0.1, -0.05) is 12.1 Å². The fraction of sp³-hybridized carbons (Fsp3) is 0.385. The summed E-state index contributed by atoms with van der Waals surface area (Å²) in [5, 5.41) is 10.8. The molecule has 1 aromatic carbocycles. The second-order valence-corrected chi connectivity index (χ2v) is 4.11. The van der Waals surface area contributed by atoms with E-state index >= 15 is 0 Å². The first kappa shape index (κ1) is 15.9. The Hall–Kier alpha value is -2.18. The summed E-state index contributed by atoms with van der Waals surface area (Å²) in [5.74, 6) is -1.48. The van der Waals surface area contributed by atoms with Gasteiger partial charge >= 0.3 is 5.97 Å². The van der Waals surface area contributed by atoms with Crippen molar-refractivity contribution in [2.75, 3.05) is 7.11 Å². The number of aliphatic carboxylic acids is 1. The van der Waals surface area contributed by atoms with Crippen LogP contribution in [0, 0.1) is 0 Å². The Labute approximate surface area is 114 Å². The number of benzene rings is 1. The highest BCUT2D eigenvalue weighted by Gasteiger charge is 2.23. The van der Waals surface area contributed by atoms with E-state index in [0.29, 0.717) is 11.3 Å². The van der Waals surface area contributed by atoms with E-state index < -0.39 is 30.8 Å². The third-order valence-electron chi connectivity index (χ3n) is 2.57. The molecule has 0 aliphatic carbocycles. The number of carboxylic acids is 1. The lowest BCUT2D eigenvalue weighted by atomic mass is 10.1. The Morgan fingerprint density at radius 1 is 1.30 bits per heavy atom. The van der Waals surface area contributed by atoms with E-state index in [1.54, 1.807) is 24.3 Å². The van der Waals surface area contributed by atoms with Crippen molar-refractivity contribution in [1.29, 1.82) is 0 Å². The number of hydrogen-bond donors (Lipinski definition) is 2. The van der Waals surface area contributed by atoms with E-state index in [-0.39, 0.29) is 6.42 Å². The molecular formula is C13H15F2NO4. The van der Waals surface area contributed by atoms with E-state index in [2.05, 4.69) is 5.32 Å². The van der Waals surface area contributed by atoms with Gasteiger partial charge < -0.3 is 15.2 Å². The number of ether oxygens (including phenoxy) is 1. The Kier molecular flexibility index (Phi) is 5.89. The van der Waals surface area contributed by atoms with Crippen LogP contribution in [-0.4, -0.2) is 36.6 Å². The maximum atomic E-state index is 12.2. The SMILES string of the molecule is COc1ccc(CC(=O)NC(CC(F)F)C(=O)O)cc1. The van der Waals surface area contributed by atoms with Crippen LogP contribution in [0.4, 0.5) is 8.78 Å². The van der Waals surface area contributed by atoms with Crippen molar-refractivity contribution in [1.82, 2.24) is 5.32 Å². The number of halogens is 2. The highest BCUT2D eigenvalue weighted by atomic mass is 19.3. The number of alkyl halides is 2. The van der Waals surface area contributed by atoms with Crippen LogP contribution in [0.3, 0.4) is 0 Å². The van der Waals surface area contributed by atoms with Gasteiger partial charge in [-0.25, -0.2) is 13.6 Å². The topological polar surface area (TPSA) is 75.6 Å². The minimum atomic E-state index is -2.79. The normalized spacial score (nSPS) is 12.0. The van der Waals surface area contributed by atoms with Crippen molar-refractivity contribution in [3.05, 3.63) is 29.8 Å². The summed E-state index contributed by atoms with van der Waals surface area (Å²) in [6, 6.07) is 5.00. The fourth-order valence-corrected chi connectivity index (χ4v) is 1.57. The molecule has 0 bridgehead atoms. The van der Waals surface area contributed by atoms with Crippen LogP contribution in [0.2, 0.25) is 0 Å². The highest BCUT2D eigenvalue weighted by molar-refractivity contribution is 5.84. The number of nitrogens with one attached hydrogen (secondary N) is 1. The Balaban J connectivity index is 2.58. The van der Waals surface area contributed by atoms with Gasteiger partial charge in [0.25, 0.3) is 0 Å². The van der Waals surface area contributed by atoms with Gasteiger partial charge in [-0.05, 0) is 17.7 Å². The number of hydrogen-bond acceptors (Lipinski definition) is 3. The molecule has 1 aromatic rings. The molecule has 0 spiro atoms. The number of carboxylic acid groups (broad SMARTS) is 1. The molecule has 0 aliphatic rings. The summed E-state index contributed by atoms with van der Waals surface area (Å²) in [5.41, 5.74) is 0.629. The minimum Gasteiger partial charge on any atom is -0.497 e. The molecule has 0 aromatic heterocycles. The molecule has 110 valence electrons.